The Kier molecular flexibility index (Phi) is 4.92. The average Bonchev–Trinajstić information content (AvgIpc) is 2.71. The van der Waals surface area contributed by atoms with Gasteiger partial charge >= 0.3 is 0 Å². The number of rotatable bonds is 2. The van der Waals surface area contributed by atoms with Gasteiger partial charge in [-0.25, -0.2) is 4.98 Å². The zero-order valence-corrected chi connectivity index (χ0v) is 16.2. The van der Waals surface area contributed by atoms with Crippen molar-refractivity contribution >= 4 is 17.4 Å². The maximum Gasteiger partial charge on any atom is 0.260 e. The minimum Gasteiger partial charge on any atom is -0.356 e. The molecule has 134 valence electrons. The number of benzene rings is 1. The van der Waals surface area contributed by atoms with Crippen LogP contribution in [0.3, 0.4) is 0 Å². The summed E-state index contributed by atoms with van der Waals surface area (Å²) < 4.78 is 1.60. The number of aromatic nitrogens is 2. The summed E-state index contributed by atoms with van der Waals surface area (Å²) in [7, 11) is 0. The molecule has 1 aliphatic rings. The smallest absolute Gasteiger partial charge is 0.260 e. The third kappa shape index (κ3) is 3.74. The van der Waals surface area contributed by atoms with Crippen LogP contribution in [0.25, 0.3) is 5.69 Å². The number of hydrogen-bond acceptors (Lipinski definition) is 3. The van der Waals surface area contributed by atoms with E-state index in [9.17, 15) is 4.79 Å². The predicted molar refractivity (Wildman–Crippen MR) is 104 cm³/mol. The molecular weight excluding hydrogens is 334 g/mol. The van der Waals surface area contributed by atoms with Gasteiger partial charge in [-0.2, -0.15) is 0 Å². The fraction of sp³-hybridized carbons (Fsp3) is 0.500. The molecule has 2 aromatic rings. The molecule has 2 heterocycles. The summed E-state index contributed by atoms with van der Waals surface area (Å²) in [6.07, 6.45) is 3.44. The van der Waals surface area contributed by atoms with Crippen molar-refractivity contribution in [1.82, 2.24) is 9.55 Å². The van der Waals surface area contributed by atoms with E-state index in [-0.39, 0.29) is 5.56 Å². The van der Waals surface area contributed by atoms with Gasteiger partial charge in [-0.1, -0.05) is 37.6 Å². The maximum atomic E-state index is 12.8. The molecule has 0 N–H and O–H groups in total. The van der Waals surface area contributed by atoms with Gasteiger partial charge in [-0.05, 0) is 50.2 Å². The number of halogens is 1. The minimum absolute atomic E-state index is 0.0847. The van der Waals surface area contributed by atoms with Gasteiger partial charge in [0.25, 0.3) is 5.56 Å². The van der Waals surface area contributed by atoms with Crippen molar-refractivity contribution in [3.8, 4) is 5.69 Å². The molecule has 25 heavy (non-hydrogen) atoms. The van der Waals surface area contributed by atoms with Gasteiger partial charge in [0.05, 0.1) is 10.7 Å². The van der Waals surface area contributed by atoms with Gasteiger partial charge < -0.3 is 4.90 Å². The summed E-state index contributed by atoms with van der Waals surface area (Å²) in [5, 5.41) is 0.596. The van der Waals surface area contributed by atoms with E-state index in [0.29, 0.717) is 21.9 Å². The monoisotopic (exact) mass is 359 g/mol. The molecule has 1 aromatic carbocycles. The van der Waals surface area contributed by atoms with Crippen molar-refractivity contribution in [2.24, 2.45) is 5.41 Å². The Labute approximate surface area is 154 Å². The highest BCUT2D eigenvalue weighted by Crippen LogP contribution is 2.31. The van der Waals surface area contributed by atoms with Crippen LogP contribution in [0.2, 0.25) is 5.02 Å². The Balaban J connectivity index is 1.99. The van der Waals surface area contributed by atoms with Gasteiger partial charge in [0, 0.05) is 19.2 Å². The molecule has 1 fully saturated rings. The highest BCUT2D eigenvalue weighted by Gasteiger charge is 2.24. The zero-order valence-electron chi connectivity index (χ0n) is 15.5. The standard InChI is InChI=1S/C20H26ClN3O/c1-14-7-5-8-16(19(14)21)24-15(2)22-17(13-18(24)25)23-11-6-9-20(3,4)10-12-23/h5,7-8,13H,6,9-12H2,1-4H3. The first kappa shape index (κ1) is 18.0. The van der Waals surface area contributed by atoms with Crippen LogP contribution in [0.5, 0.6) is 0 Å². The molecule has 1 saturated heterocycles. The lowest BCUT2D eigenvalue weighted by atomic mass is 9.85. The van der Waals surface area contributed by atoms with Crippen LogP contribution in [0.1, 0.15) is 44.5 Å². The summed E-state index contributed by atoms with van der Waals surface area (Å²) in [6, 6.07) is 7.35. The summed E-state index contributed by atoms with van der Waals surface area (Å²) in [5.41, 5.74) is 1.91. The van der Waals surface area contributed by atoms with Crippen molar-refractivity contribution in [2.75, 3.05) is 18.0 Å². The van der Waals surface area contributed by atoms with E-state index in [1.807, 2.05) is 32.0 Å². The van der Waals surface area contributed by atoms with E-state index in [1.165, 1.54) is 6.42 Å². The molecule has 1 aliphatic heterocycles. The first-order valence-corrected chi connectivity index (χ1v) is 9.27. The normalized spacial score (nSPS) is 17.4. The molecule has 5 heteroatoms. The maximum absolute atomic E-state index is 12.8. The van der Waals surface area contributed by atoms with Crippen LogP contribution in [-0.4, -0.2) is 22.6 Å². The lowest BCUT2D eigenvalue weighted by Gasteiger charge is -2.24. The molecule has 0 saturated carbocycles. The zero-order chi connectivity index (χ0) is 18.2. The highest BCUT2D eigenvalue weighted by atomic mass is 35.5. The molecule has 0 aliphatic carbocycles. The Hall–Kier alpha value is -1.81. The number of nitrogens with zero attached hydrogens (tertiary/aromatic N) is 3. The van der Waals surface area contributed by atoms with Crippen LogP contribution in [-0.2, 0) is 0 Å². The second kappa shape index (κ2) is 6.83. The minimum atomic E-state index is -0.0847. The molecule has 0 amide bonds. The van der Waals surface area contributed by atoms with Crippen molar-refractivity contribution in [1.29, 1.82) is 0 Å². The lowest BCUT2D eigenvalue weighted by Crippen LogP contribution is -2.30. The van der Waals surface area contributed by atoms with Crippen molar-refractivity contribution in [3.63, 3.8) is 0 Å². The van der Waals surface area contributed by atoms with Crippen LogP contribution < -0.4 is 10.5 Å². The molecule has 0 unspecified atom stereocenters. The summed E-state index contributed by atoms with van der Waals surface area (Å²) in [5.74, 6) is 1.44. The fourth-order valence-corrected chi connectivity index (χ4v) is 3.70. The topological polar surface area (TPSA) is 38.1 Å². The molecule has 0 bridgehead atoms. The number of anilines is 1. The van der Waals surface area contributed by atoms with E-state index in [2.05, 4.69) is 18.7 Å². The summed E-state index contributed by atoms with van der Waals surface area (Å²) >= 11 is 6.42. The molecule has 4 nitrogen and oxygen atoms in total. The van der Waals surface area contributed by atoms with Gasteiger partial charge in [-0.15, -0.1) is 0 Å². The number of hydrogen-bond donors (Lipinski definition) is 0. The third-order valence-corrected chi connectivity index (χ3v) is 5.64. The summed E-state index contributed by atoms with van der Waals surface area (Å²) in [6.45, 7) is 10.3. The first-order valence-electron chi connectivity index (χ1n) is 8.90. The molecule has 1 aromatic heterocycles. The second-order valence-electron chi connectivity index (χ2n) is 7.75. The van der Waals surface area contributed by atoms with Gasteiger partial charge in [0.2, 0.25) is 0 Å². The van der Waals surface area contributed by atoms with E-state index < -0.39 is 0 Å². The molecule has 0 spiro atoms. The molecule has 3 rings (SSSR count). The predicted octanol–water partition coefficient (Wildman–Crippen LogP) is 4.52. The largest absolute Gasteiger partial charge is 0.356 e. The Bertz CT molecular complexity index is 841. The number of aryl methyl sites for hydroxylation is 2. The Morgan fingerprint density at radius 1 is 1.16 bits per heavy atom. The van der Waals surface area contributed by atoms with E-state index in [0.717, 1.165) is 37.3 Å². The van der Waals surface area contributed by atoms with E-state index in [1.54, 1.807) is 10.6 Å². The van der Waals surface area contributed by atoms with Crippen LogP contribution in [0, 0.1) is 19.3 Å². The molecular formula is C20H26ClN3O. The summed E-state index contributed by atoms with van der Waals surface area (Å²) in [4.78, 5) is 19.8. The lowest BCUT2D eigenvalue weighted by molar-refractivity contribution is 0.325. The van der Waals surface area contributed by atoms with Crippen LogP contribution in [0.15, 0.2) is 29.1 Å². The highest BCUT2D eigenvalue weighted by molar-refractivity contribution is 6.33. The van der Waals surface area contributed by atoms with Gasteiger partial charge in [0.1, 0.15) is 11.6 Å². The van der Waals surface area contributed by atoms with Crippen molar-refractivity contribution in [3.05, 3.63) is 51.0 Å². The van der Waals surface area contributed by atoms with Crippen molar-refractivity contribution < 1.29 is 0 Å². The van der Waals surface area contributed by atoms with Crippen molar-refractivity contribution in [2.45, 2.75) is 47.0 Å². The SMILES string of the molecule is Cc1cccc(-n2c(C)nc(N3CCCC(C)(C)CC3)cc2=O)c1Cl. The van der Waals surface area contributed by atoms with Gasteiger partial charge in [0.15, 0.2) is 0 Å². The third-order valence-electron chi connectivity index (χ3n) is 5.15. The quantitative estimate of drug-likeness (QED) is 0.791. The Morgan fingerprint density at radius 2 is 1.92 bits per heavy atom. The fourth-order valence-electron chi connectivity index (χ4n) is 3.49. The first-order chi connectivity index (χ1) is 11.8. The van der Waals surface area contributed by atoms with Crippen LogP contribution >= 0.6 is 11.6 Å². The average molecular weight is 360 g/mol. The van der Waals surface area contributed by atoms with E-state index in [4.69, 9.17) is 16.6 Å². The van der Waals surface area contributed by atoms with Gasteiger partial charge in [-0.3, -0.25) is 9.36 Å². The molecule has 0 atom stereocenters. The molecule has 0 radical (unpaired) electrons. The Morgan fingerprint density at radius 3 is 2.64 bits per heavy atom. The van der Waals surface area contributed by atoms with E-state index >= 15 is 0 Å². The second-order valence-corrected chi connectivity index (χ2v) is 8.13. The van der Waals surface area contributed by atoms with Crippen LogP contribution in [0.4, 0.5) is 5.82 Å².